The zero-order chi connectivity index (χ0) is 21.1. The van der Waals surface area contributed by atoms with E-state index in [9.17, 15) is 4.79 Å². The Balaban J connectivity index is 1.66. The van der Waals surface area contributed by atoms with Gasteiger partial charge in [-0.3, -0.25) is 0 Å². The minimum atomic E-state index is -0.346. The minimum absolute atomic E-state index is 0.346. The second kappa shape index (κ2) is 9.00. The summed E-state index contributed by atoms with van der Waals surface area (Å²) in [4.78, 5) is 14.3. The molecule has 2 aromatic carbocycles. The first-order chi connectivity index (χ1) is 14.6. The van der Waals surface area contributed by atoms with Crippen molar-refractivity contribution in [3.05, 3.63) is 63.0 Å². The van der Waals surface area contributed by atoms with Crippen LogP contribution in [0.4, 0.5) is 5.69 Å². The summed E-state index contributed by atoms with van der Waals surface area (Å²) in [7, 11) is 0. The number of hydrogen-bond donors (Lipinski definition) is 0. The highest BCUT2D eigenvalue weighted by atomic mass is 35.5. The molecule has 0 fully saturated rings. The predicted octanol–water partition coefficient (Wildman–Crippen LogP) is 5.93. The normalized spacial score (nSPS) is 13.2. The quantitative estimate of drug-likeness (QED) is 0.345. The number of unbranched alkanes of at least 4 members (excludes halogenated alkanes) is 1. The average molecular weight is 428 g/mol. The van der Waals surface area contributed by atoms with E-state index in [2.05, 4.69) is 18.7 Å². The van der Waals surface area contributed by atoms with Crippen molar-refractivity contribution in [2.75, 3.05) is 18.2 Å². The number of anilines is 1. The highest BCUT2D eigenvalue weighted by molar-refractivity contribution is 6.33. The molecule has 0 saturated carbocycles. The second-order valence-electron chi connectivity index (χ2n) is 7.55. The van der Waals surface area contributed by atoms with Gasteiger partial charge in [0.25, 0.3) is 0 Å². The van der Waals surface area contributed by atoms with Crippen LogP contribution in [0, 0.1) is 0 Å². The van der Waals surface area contributed by atoms with Crippen molar-refractivity contribution < 1.29 is 13.9 Å². The summed E-state index contributed by atoms with van der Waals surface area (Å²) in [5.41, 5.74) is 2.99. The number of fused-ring (bicyclic) bond motifs is 3. The molecule has 0 spiro atoms. The lowest BCUT2D eigenvalue weighted by Gasteiger charge is -2.31. The largest absolute Gasteiger partial charge is 0.494 e. The Kier molecular flexibility index (Phi) is 6.18. The number of rotatable bonds is 7. The molecule has 0 N–H and O–H groups in total. The lowest BCUT2D eigenvalue weighted by Crippen LogP contribution is -2.32. The number of ether oxygens (including phenoxy) is 2. The van der Waals surface area contributed by atoms with E-state index in [0.717, 1.165) is 60.2 Å². The monoisotopic (exact) mass is 427 g/mol. The van der Waals surface area contributed by atoms with E-state index in [1.54, 1.807) is 6.07 Å². The summed E-state index contributed by atoms with van der Waals surface area (Å²) in [5.74, 6) is 1.45. The minimum Gasteiger partial charge on any atom is -0.494 e. The van der Waals surface area contributed by atoms with Crippen molar-refractivity contribution in [1.82, 2.24) is 0 Å². The van der Waals surface area contributed by atoms with Crippen LogP contribution < -0.4 is 20.0 Å². The van der Waals surface area contributed by atoms with Gasteiger partial charge in [-0.25, -0.2) is 4.79 Å². The van der Waals surface area contributed by atoms with Crippen molar-refractivity contribution in [3.63, 3.8) is 0 Å². The lowest BCUT2D eigenvalue weighted by molar-refractivity contribution is 0.289. The molecule has 4 rings (SSSR count). The Labute approximate surface area is 181 Å². The van der Waals surface area contributed by atoms with Gasteiger partial charge in [0, 0.05) is 17.1 Å². The van der Waals surface area contributed by atoms with Crippen LogP contribution >= 0.6 is 11.6 Å². The third-order valence-corrected chi connectivity index (χ3v) is 5.60. The number of benzene rings is 2. The molecule has 0 bridgehead atoms. The molecule has 3 aromatic rings. The van der Waals surface area contributed by atoms with E-state index in [-0.39, 0.29) is 5.63 Å². The summed E-state index contributed by atoms with van der Waals surface area (Å²) in [6.45, 7) is 5.86. The van der Waals surface area contributed by atoms with Gasteiger partial charge in [0.1, 0.15) is 17.1 Å². The van der Waals surface area contributed by atoms with Gasteiger partial charge in [0.05, 0.1) is 23.7 Å². The molecule has 158 valence electrons. The van der Waals surface area contributed by atoms with Crippen molar-refractivity contribution in [2.24, 2.45) is 0 Å². The van der Waals surface area contributed by atoms with Crippen LogP contribution in [-0.2, 0) is 13.0 Å². The third-order valence-electron chi connectivity index (χ3n) is 5.32. The van der Waals surface area contributed by atoms with Gasteiger partial charge in [0.15, 0.2) is 6.73 Å². The molecule has 0 amide bonds. The first-order valence-corrected chi connectivity index (χ1v) is 10.9. The summed E-state index contributed by atoms with van der Waals surface area (Å²) >= 11 is 6.53. The summed E-state index contributed by atoms with van der Waals surface area (Å²) in [6, 6.07) is 11.4. The number of aryl methyl sites for hydroxylation is 1. The lowest BCUT2D eigenvalue weighted by atomic mass is 10.0. The fourth-order valence-corrected chi connectivity index (χ4v) is 4.06. The highest BCUT2D eigenvalue weighted by Gasteiger charge is 2.25. The molecule has 0 saturated heterocycles. The van der Waals surface area contributed by atoms with Crippen LogP contribution in [0.5, 0.6) is 11.5 Å². The number of halogens is 1. The molecule has 2 heterocycles. The Morgan fingerprint density at radius 3 is 2.67 bits per heavy atom. The number of hydrogen-bond acceptors (Lipinski definition) is 5. The van der Waals surface area contributed by atoms with Crippen LogP contribution in [0.2, 0.25) is 5.02 Å². The summed E-state index contributed by atoms with van der Waals surface area (Å²) < 4.78 is 17.3. The van der Waals surface area contributed by atoms with Gasteiger partial charge in [0.2, 0.25) is 0 Å². The van der Waals surface area contributed by atoms with Crippen molar-refractivity contribution >= 4 is 28.3 Å². The maximum atomic E-state index is 12.2. The molecular formula is C24H26ClNO4. The molecule has 0 atom stereocenters. The maximum absolute atomic E-state index is 12.2. The van der Waals surface area contributed by atoms with Gasteiger partial charge in [-0.2, -0.15) is 0 Å². The van der Waals surface area contributed by atoms with Gasteiger partial charge < -0.3 is 18.8 Å². The Morgan fingerprint density at radius 1 is 1.13 bits per heavy atom. The Hall–Kier alpha value is -2.66. The standard InChI is InChI=1S/C24H26ClNO4/c1-3-5-11-28-18-9-7-17(8-10-18)26-14-20-23-19(13-21(25)24(20)29-15-26)16(6-4-2)12-22(27)30-23/h7-10,12-13H,3-6,11,14-15H2,1-2H3. The Morgan fingerprint density at radius 2 is 1.93 bits per heavy atom. The van der Waals surface area contributed by atoms with Gasteiger partial charge in [-0.1, -0.05) is 38.3 Å². The fraction of sp³-hybridized carbons (Fsp3) is 0.375. The van der Waals surface area contributed by atoms with Gasteiger partial charge in [-0.15, -0.1) is 0 Å². The van der Waals surface area contributed by atoms with E-state index in [1.165, 1.54) is 0 Å². The highest BCUT2D eigenvalue weighted by Crippen LogP contribution is 2.40. The molecule has 6 heteroatoms. The van der Waals surface area contributed by atoms with Gasteiger partial charge >= 0.3 is 5.63 Å². The molecular weight excluding hydrogens is 402 g/mol. The van der Waals surface area contributed by atoms with Crippen molar-refractivity contribution in [1.29, 1.82) is 0 Å². The Bertz CT molecular complexity index is 1090. The average Bonchev–Trinajstić information content (AvgIpc) is 2.75. The molecule has 1 aliphatic heterocycles. The van der Waals surface area contributed by atoms with Crippen LogP contribution in [0.1, 0.15) is 44.2 Å². The summed E-state index contributed by atoms with van der Waals surface area (Å²) in [5, 5.41) is 1.42. The van der Waals surface area contributed by atoms with Crippen molar-refractivity contribution in [3.8, 4) is 11.5 Å². The van der Waals surface area contributed by atoms with Gasteiger partial charge in [-0.05, 0) is 48.7 Å². The molecule has 5 nitrogen and oxygen atoms in total. The topological polar surface area (TPSA) is 51.9 Å². The van der Waals surface area contributed by atoms with E-state index < -0.39 is 0 Å². The van der Waals surface area contributed by atoms with Crippen LogP contribution in [0.15, 0.2) is 45.6 Å². The number of nitrogens with zero attached hydrogens (tertiary/aromatic N) is 1. The maximum Gasteiger partial charge on any atom is 0.336 e. The molecule has 0 radical (unpaired) electrons. The first-order valence-electron chi connectivity index (χ1n) is 10.5. The summed E-state index contributed by atoms with van der Waals surface area (Å²) in [6.07, 6.45) is 3.87. The van der Waals surface area contributed by atoms with E-state index in [4.69, 9.17) is 25.5 Å². The predicted molar refractivity (Wildman–Crippen MR) is 120 cm³/mol. The van der Waals surface area contributed by atoms with E-state index in [0.29, 0.717) is 29.6 Å². The smallest absolute Gasteiger partial charge is 0.336 e. The van der Waals surface area contributed by atoms with Crippen LogP contribution in [0.3, 0.4) is 0 Å². The molecule has 30 heavy (non-hydrogen) atoms. The van der Waals surface area contributed by atoms with Crippen LogP contribution in [0.25, 0.3) is 11.0 Å². The fourth-order valence-electron chi connectivity index (χ4n) is 3.78. The first kappa shape index (κ1) is 20.6. The third kappa shape index (κ3) is 4.12. The molecule has 0 unspecified atom stereocenters. The van der Waals surface area contributed by atoms with E-state index in [1.807, 2.05) is 30.3 Å². The molecule has 1 aromatic heterocycles. The van der Waals surface area contributed by atoms with E-state index >= 15 is 0 Å². The second-order valence-corrected chi connectivity index (χ2v) is 7.96. The molecule has 1 aliphatic rings. The molecule has 0 aliphatic carbocycles. The zero-order valence-electron chi connectivity index (χ0n) is 17.4. The SMILES string of the molecule is CCCCOc1ccc(N2COc3c(Cl)cc4c(CCC)cc(=O)oc4c3C2)cc1. The van der Waals surface area contributed by atoms with Crippen LogP contribution in [-0.4, -0.2) is 13.3 Å². The zero-order valence-corrected chi connectivity index (χ0v) is 18.1. The van der Waals surface area contributed by atoms with Crippen molar-refractivity contribution in [2.45, 2.75) is 46.1 Å².